The van der Waals surface area contributed by atoms with E-state index < -0.39 is 17.9 Å². The number of halogens is 1. The molecule has 1 aliphatic carbocycles. The third-order valence-corrected chi connectivity index (χ3v) is 6.57. The van der Waals surface area contributed by atoms with Gasteiger partial charge in [-0.15, -0.1) is 0 Å². The van der Waals surface area contributed by atoms with Gasteiger partial charge in [-0.2, -0.15) is 0 Å². The molecule has 0 saturated heterocycles. The Hall–Kier alpha value is -3.57. The van der Waals surface area contributed by atoms with Crippen molar-refractivity contribution in [3.63, 3.8) is 0 Å². The van der Waals surface area contributed by atoms with Crippen LogP contribution in [-0.2, 0) is 20.7 Å². The highest BCUT2D eigenvalue weighted by molar-refractivity contribution is 6.31. The van der Waals surface area contributed by atoms with Crippen LogP contribution in [0.25, 0.3) is 22.0 Å². The first kappa shape index (κ1) is 21.3. The second kappa shape index (κ2) is 8.75. The molecule has 33 heavy (non-hydrogen) atoms. The number of carbonyl (C=O) groups excluding carboxylic acids is 1. The molecule has 3 aromatic carbocycles. The quantitative estimate of drug-likeness (QED) is 0.342. The van der Waals surface area contributed by atoms with Crippen LogP contribution in [0.5, 0.6) is 0 Å². The van der Waals surface area contributed by atoms with Crippen LogP contribution in [0.2, 0.25) is 5.02 Å². The second-order valence-electron chi connectivity index (χ2n) is 8.36. The Labute approximate surface area is 196 Å². The Morgan fingerprint density at radius 2 is 1.67 bits per heavy atom. The predicted molar refractivity (Wildman–Crippen MR) is 127 cm³/mol. The lowest BCUT2D eigenvalue weighted by Gasteiger charge is -2.16. The third kappa shape index (κ3) is 4.12. The van der Waals surface area contributed by atoms with Crippen LogP contribution < -0.4 is 0 Å². The van der Waals surface area contributed by atoms with Crippen molar-refractivity contribution in [2.24, 2.45) is 5.92 Å². The number of nitrogens with one attached hydrogen (secondary N) is 1. The van der Waals surface area contributed by atoms with Crippen LogP contribution in [0, 0.1) is 5.92 Å². The van der Waals surface area contributed by atoms with E-state index in [0.717, 1.165) is 38.7 Å². The number of carboxylic acids is 1. The first-order chi connectivity index (χ1) is 16.0. The van der Waals surface area contributed by atoms with E-state index in [0.29, 0.717) is 5.02 Å². The van der Waals surface area contributed by atoms with Gasteiger partial charge in [0.15, 0.2) is 0 Å². The molecule has 0 radical (unpaired) electrons. The maximum atomic E-state index is 12.7. The standard InChI is InChI=1S/C27H22ClNO4/c28-18-9-10-19-17(14-29-25(19)13-18)11-16(27(31)32)12-26(30)33-15-24-22-7-3-1-5-20(22)21-6-2-4-8-23(21)24/h1-10,13-14,16,24,29H,11-12,15H2,(H,31,32)/t16-/m1/s1. The minimum Gasteiger partial charge on any atom is -0.481 e. The molecule has 4 aromatic rings. The van der Waals surface area contributed by atoms with Gasteiger partial charge in [0, 0.05) is 28.0 Å². The van der Waals surface area contributed by atoms with Crippen LogP contribution in [0.3, 0.4) is 0 Å². The van der Waals surface area contributed by atoms with Gasteiger partial charge < -0.3 is 14.8 Å². The van der Waals surface area contributed by atoms with E-state index in [2.05, 4.69) is 29.2 Å². The Morgan fingerprint density at radius 1 is 1.00 bits per heavy atom. The molecule has 1 heterocycles. The fourth-order valence-corrected chi connectivity index (χ4v) is 4.89. The summed E-state index contributed by atoms with van der Waals surface area (Å²) in [5.74, 6) is -2.46. The summed E-state index contributed by atoms with van der Waals surface area (Å²) < 4.78 is 5.62. The Bertz CT molecular complexity index is 1310. The molecule has 1 aliphatic rings. The number of carbonyl (C=O) groups is 2. The lowest BCUT2D eigenvalue weighted by Crippen LogP contribution is -2.22. The number of aromatic amines is 1. The fraction of sp³-hybridized carbons (Fsp3) is 0.185. The molecule has 0 aliphatic heterocycles. The zero-order valence-electron chi connectivity index (χ0n) is 17.8. The normalized spacial score (nSPS) is 13.5. The summed E-state index contributed by atoms with van der Waals surface area (Å²) in [5, 5.41) is 11.2. The number of aliphatic carboxylic acids is 1. The van der Waals surface area contributed by atoms with Crippen molar-refractivity contribution in [1.29, 1.82) is 0 Å². The van der Waals surface area contributed by atoms with Crippen LogP contribution in [0.15, 0.2) is 72.9 Å². The summed E-state index contributed by atoms with van der Waals surface area (Å²) in [7, 11) is 0. The van der Waals surface area contributed by atoms with E-state index in [9.17, 15) is 14.7 Å². The maximum Gasteiger partial charge on any atom is 0.307 e. The zero-order valence-corrected chi connectivity index (χ0v) is 18.5. The lowest BCUT2D eigenvalue weighted by atomic mass is 9.95. The van der Waals surface area contributed by atoms with Crippen molar-refractivity contribution < 1.29 is 19.4 Å². The number of hydrogen-bond acceptors (Lipinski definition) is 3. The van der Waals surface area contributed by atoms with Crippen molar-refractivity contribution in [1.82, 2.24) is 4.98 Å². The zero-order chi connectivity index (χ0) is 22.9. The Morgan fingerprint density at radius 3 is 2.33 bits per heavy atom. The van der Waals surface area contributed by atoms with Crippen LogP contribution in [0.1, 0.15) is 29.0 Å². The predicted octanol–water partition coefficient (Wildman–Crippen LogP) is 5.81. The molecule has 1 atom stereocenters. The van der Waals surface area contributed by atoms with E-state index in [1.54, 1.807) is 18.3 Å². The average molecular weight is 460 g/mol. The van der Waals surface area contributed by atoms with Crippen molar-refractivity contribution in [3.8, 4) is 11.1 Å². The molecule has 0 spiro atoms. The number of carboxylic acid groups (broad SMARTS) is 1. The minimum absolute atomic E-state index is 0.0528. The SMILES string of the molecule is O=C(C[C@@H](Cc1c[nH]c2cc(Cl)ccc12)C(=O)O)OCC1c2ccccc2-c2ccccc21. The largest absolute Gasteiger partial charge is 0.481 e. The topological polar surface area (TPSA) is 79.4 Å². The summed E-state index contributed by atoms with van der Waals surface area (Å²) in [5.41, 5.74) is 6.22. The summed E-state index contributed by atoms with van der Waals surface area (Å²) in [6, 6.07) is 21.6. The molecule has 0 bridgehead atoms. The van der Waals surface area contributed by atoms with Gasteiger partial charge in [-0.3, -0.25) is 9.59 Å². The number of H-pyrrole nitrogens is 1. The van der Waals surface area contributed by atoms with E-state index >= 15 is 0 Å². The van der Waals surface area contributed by atoms with Crippen molar-refractivity contribution in [2.45, 2.75) is 18.8 Å². The van der Waals surface area contributed by atoms with Gasteiger partial charge in [-0.1, -0.05) is 66.2 Å². The van der Waals surface area contributed by atoms with Crippen LogP contribution in [0.4, 0.5) is 0 Å². The highest BCUT2D eigenvalue weighted by atomic mass is 35.5. The van der Waals surface area contributed by atoms with E-state index in [1.165, 1.54) is 0 Å². The summed E-state index contributed by atoms with van der Waals surface area (Å²) in [6.45, 7) is 0.185. The molecule has 2 N–H and O–H groups in total. The third-order valence-electron chi connectivity index (χ3n) is 6.33. The lowest BCUT2D eigenvalue weighted by molar-refractivity contribution is -0.151. The van der Waals surface area contributed by atoms with Crippen molar-refractivity contribution in [2.75, 3.05) is 6.61 Å². The fourth-order valence-electron chi connectivity index (χ4n) is 4.72. The number of ether oxygens (including phenoxy) is 1. The average Bonchev–Trinajstić information content (AvgIpc) is 3.35. The monoisotopic (exact) mass is 459 g/mol. The van der Waals surface area contributed by atoms with E-state index in [4.69, 9.17) is 16.3 Å². The molecule has 0 fully saturated rings. The molecule has 1 aromatic heterocycles. The summed E-state index contributed by atoms with van der Waals surface area (Å²) in [6.07, 6.45) is 1.81. The Kier molecular flexibility index (Phi) is 5.65. The van der Waals surface area contributed by atoms with Gasteiger partial charge >= 0.3 is 11.9 Å². The number of fused-ring (bicyclic) bond motifs is 4. The van der Waals surface area contributed by atoms with Gasteiger partial charge in [-0.25, -0.2) is 0 Å². The highest BCUT2D eigenvalue weighted by Crippen LogP contribution is 2.44. The smallest absolute Gasteiger partial charge is 0.307 e. The number of hydrogen-bond donors (Lipinski definition) is 2. The van der Waals surface area contributed by atoms with Gasteiger partial charge in [0.1, 0.15) is 6.61 Å². The van der Waals surface area contributed by atoms with Crippen LogP contribution in [-0.4, -0.2) is 28.6 Å². The molecular formula is C27H22ClNO4. The van der Waals surface area contributed by atoms with Gasteiger partial charge in [0.05, 0.1) is 12.3 Å². The van der Waals surface area contributed by atoms with E-state index in [1.807, 2.05) is 30.3 Å². The van der Waals surface area contributed by atoms with Gasteiger partial charge in [0.25, 0.3) is 0 Å². The molecule has 0 amide bonds. The van der Waals surface area contributed by atoms with Crippen molar-refractivity contribution in [3.05, 3.63) is 94.6 Å². The number of aromatic nitrogens is 1. The molecule has 0 saturated carbocycles. The number of rotatable bonds is 7. The van der Waals surface area contributed by atoms with Gasteiger partial charge in [-0.05, 0) is 46.4 Å². The molecule has 166 valence electrons. The number of esters is 1. The van der Waals surface area contributed by atoms with Crippen molar-refractivity contribution >= 4 is 34.4 Å². The van der Waals surface area contributed by atoms with Gasteiger partial charge in [0.2, 0.25) is 0 Å². The highest BCUT2D eigenvalue weighted by Gasteiger charge is 2.30. The maximum absolute atomic E-state index is 12.7. The molecular weight excluding hydrogens is 438 g/mol. The minimum atomic E-state index is -1.02. The summed E-state index contributed by atoms with van der Waals surface area (Å²) in [4.78, 5) is 27.7. The molecule has 5 rings (SSSR count). The first-order valence-electron chi connectivity index (χ1n) is 10.8. The van der Waals surface area contributed by atoms with E-state index in [-0.39, 0.29) is 25.4 Å². The Balaban J connectivity index is 1.28. The first-order valence-corrected chi connectivity index (χ1v) is 11.2. The number of benzene rings is 3. The second-order valence-corrected chi connectivity index (χ2v) is 8.79. The summed E-state index contributed by atoms with van der Waals surface area (Å²) >= 11 is 6.03. The molecule has 6 heteroatoms. The molecule has 0 unspecified atom stereocenters. The van der Waals surface area contributed by atoms with Crippen LogP contribution >= 0.6 is 11.6 Å². The molecule has 5 nitrogen and oxygen atoms in total.